The number of hydrogen-bond donors (Lipinski definition) is 0. The highest BCUT2D eigenvalue weighted by Crippen LogP contribution is 2.61. The van der Waals surface area contributed by atoms with E-state index in [9.17, 15) is 13.2 Å². The molecule has 0 spiro atoms. The molecular formula is C12H10ClNO3S. The van der Waals surface area contributed by atoms with Crippen LogP contribution in [-0.4, -0.2) is 26.2 Å². The van der Waals surface area contributed by atoms with Gasteiger partial charge in [-0.25, -0.2) is 8.42 Å². The number of hydrogen-bond acceptors (Lipinski definition) is 4. The van der Waals surface area contributed by atoms with E-state index in [1.165, 1.54) is 0 Å². The van der Waals surface area contributed by atoms with Gasteiger partial charge in [0.1, 0.15) is 11.7 Å². The zero-order valence-electron chi connectivity index (χ0n) is 9.50. The summed E-state index contributed by atoms with van der Waals surface area (Å²) in [5, 5.41) is 8.66. The molecule has 0 radical (unpaired) electrons. The molecule has 0 unspecified atom stereocenters. The first kappa shape index (κ1) is 13.1. The molecule has 94 valence electrons. The first-order chi connectivity index (χ1) is 8.36. The molecule has 0 aliphatic heterocycles. The molecule has 2 rings (SSSR count). The third-order valence-electron chi connectivity index (χ3n) is 3.26. The topological polar surface area (TPSA) is 75.0 Å². The second-order valence-corrected chi connectivity index (χ2v) is 7.05. The van der Waals surface area contributed by atoms with Crippen LogP contribution in [0.3, 0.4) is 0 Å². The lowest BCUT2D eigenvalue weighted by Gasteiger charge is -1.99. The number of carbonyl (C=O) groups is 1. The Morgan fingerprint density at radius 2 is 1.94 bits per heavy atom. The maximum atomic E-state index is 11.6. The molecule has 4 nitrogen and oxygen atoms in total. The monoisotopic (exact) mass is 283 g/mol. The van der Waals surface area contributed by atoms with Gasteiger partial charge in [-0.1, -0.05) is 23.7 Å². The molecule has 0 amide bonds. The Labute approximate surface area is 110 Å². The molecule has 3 atom stereocenters. The van der Waals surface area contributed by atoms with Crippen LogP contribution in [0.2, 0.25) is 5.02 Å². The van der Waals surface area contributed by atoms with Crippen molar-refractivity contribution in [3.8, 4) is 6.07 Å². The Hall–Kier alpha value is -1.38. The predicted octanol–water partition coefficient (Wildman–Crippen LogP) is 1.56. The number of sulfone groups is 1. The molecule has 0 aromatic heterocycles. The Morgan fingerprint density at radius 1 is 1.39 bits per heavy atom. The Bertz CT molecular complexity index is 632. The van der Waals surface area contributed by atoms with Crippen LogP contribution >= 0.6 is 11.6 Å². The molecule has 1 aromatic rings. The van der Waals surface area contributed by atoms with Crippen LogP contribution in [0, 0.1) is 16.7 Å². The Balaban J connectivity index is 2.49. The molecule has 1 aliphatic rings. The van der Waals surface area contributed by atoms with Crippen molar-refractivity contribution in [2.45, 2.75) is 11.2 Å². The van der Waals surface area contributed by atoms with E-state index in [1.807, 2.05) is 6.07 Å². The summed E-state index contributed by atoms with van der Waals surface area (Å²) in [5.74, 6) is -0.604. The van der Waals surface area contributed by atoms with Crippen LogP contribution in [0.4, 0.5) is 0 Å². The lowest BCUT2D eigenvalue weighted by atomic mass is 10.0. The van der Waals surface area contributed by atoms with Crippen molar-refractivity contribution >= 4 is 27.7 Å². The highest BCUT2D eigenvalue weighted by molar-refractivity contribution is 7.91. The Morgan fingerprint density at radius 3 is 2.28 bits per heavy atom. The summed E-state index contributed by atoms with van der Waals surface area (Å²) in [6.45, 7) is 0. The van der Waals surface area contributed by atoms with Gasteiger partial charge in [-0.05, 0) is 17.7 Å². The van der Waals surface area contributed by atoms with Crippen molar-refractivity contribution in [3.63, 3.8) is 0 Å². The van der Waals surface area contributed by atoms with Gasteiger partial charge in [0.2, 0.25) is 0 Å². The number of benzene rings is 1. The van der Waals surface area contributed by atoms with E-state index in [0.29, 0.717) is 16.9 Å². The number of nitrogens with zero attached hydrogens (tertiary/aromatic N) is 1. The average Bonchev–Trinajstić information content (AvgIpc) is 3.00. The van der Waals surface area contributed by atoms with Crippen molar-refractivity contribution in [1.29, 1.82) is 5.26 Å². The fourth-order valence-corrected chi connectivity index (χ4v) is 4.28. The third kappa shape index (κ3) is 1.82. The van der Waals surface area contributed by atoms with Crippen LogP contribution in [-0.2, 0) is 14.6 Å². The summed E-state index contributed by atoms with van der Waals surface area (Å²) in [7, 11) is -3.46. The molecule has 18 heavy (non-hydrogen) atoms. The lowest BCUT2D eigenvalue weighted by molar-refractivity contribution is -0.110. The molecule has 6 heteroatoms. The summed E-state index contributed by atoms with van der Waals surface area (Å²) in [6.07, 6.45) is 1.49. The SMILES string of the molecule is CS(=O)(=O)[C@@H]1[C@@H](c2ccc(Cl)cc2)[C@@]1(C#N)C=O. The third-order valence-corrected chi connectivity index (χ3v) is 5.09. The molecule has 1 aliphatic carbocycles. The van der Waals surface area contributed by atoms with Gasteiger partial charge in [-0.3, -0.25) is 0 Å². The maximum absolute atomic E-state index is 11.6. The average molecular weight is 284 g/mol. The second-order valence-electron chi connectivity index (χ2n) is 4.44. The zero-order chi connectivity index (χ0) is 13.6. The van der Waals surface area contributed by atoms with E-state index in [1.54, 1.807) is 24.3 Å². The van der Waals surface area contributed by atoms with Gasteiger partial charge >= 0.3 is 0 Å². The van der Waals surface area contributed by atoms with Gasteiger partial charge in [0.25, 0.3) is 0 Å². The van der Waals surface area contributed by atoms with E-state index < -0.39 is 26.4 Å². The molecule has 0 bridgehead atoms. The van der Waals surface area contributed by atoms with Crippen LogP contribution < -0.4 is 0 Å². The van der Waals surface area contributed by atoms with E-state index in [0.717, 1.165) is 6.26 Å². The minimum atomic E-state index is -3.46. The fourth-order valence-electron chi connectivity index (χ4n) is 2.40. The zero-order valence-corrected chi connectivity index (χ0v) is 11.1. The van der Waals surface area contributed by atoms with Crippen LogP contribution in [0.1, 0.15) is 11.5 Å². The highest BCUT2D eigenvalue weighted by Gasteiger charge is 2.71. The first-order valence-corrected chi connectivity index (χ1v) is 7.52. The molecular weight excluding hydrogens is 274 g/mol. The van der Waals surface area contributed by atoms with E-state index in [2.05, 4.69) is 0 Å². The van der Waals surface area contributed by atoms with Crippen molar-refractivity contribution in [2.75, 3.05) is 6.26 Å². The summed E-state index contributed by atoms with van der Waals surface area (Å²) in [5.41, 5.74) is -0.815. The summed E-state index contributed by atoms with van der Waals surface area (Å²) in [4.78, 5) is 11.1. The maximum Gasteiger partial charge on any atom is 0.153 e. The fraction of sp³-hybridized carbons (Fsp3) is 0.333. The standard InChI is InChI=1S/C12H10ClNO3S/c1-18(16,17)11-10(12(11,6-14)7-15)8-2-4-9(13)5-3-8/h2-5,7,10-11H,1H3/t10-,11-,12-/m1/s1. The number of halogens is 1. The normalized spacial score (nSPS) is 30.5. The Kier molecular flexibility index (Phi) is 2.96. The lowest BCUT2D eigenvalue weighted by Crippen LogP contribution is -2.14. The summed E-state index contributed by atoms with van der Waals surface area (Å²) in [6, 6.07) is 8.36. The molecule has 0 heterocycles. The van der Waals surface area contributed by atoms with Crippen molar-refractivity contribution in [1.82, 2.24) is 0 Å². The number of aldehydes is 1. The minimum absolute atomic E-state index is 0.442. The highest BCUT2D eigenvalue weighted by atomic mass is 35.5. The number of carbonyl (C=O) groups excluding carboxylic acids is 1. The summed E-state index contributed by atoms with van der Waals surface area (Å²) < 4.78 is 23.3. The first-order valence-electron chi connectivity index (χ1n) is 5.18. The van der Waals surface area contributed by atoms with Gasteiger partial charge in [0.05, 0.1) is 11.3 Å². The molecule has 1 fully saturated rings. The van der Waals surface area contributed by atoms with Crippen LogP contribution in [0.5, 0.6) is 0 Å². The van der Waals surface area contributed by atoms with E-state index in [-0.39, 0.29) is 0 Å². The smallest absolute Gasteiger partial charge is 0.153 e. The molecule has 1 saturated carbocycles. The largest absolute Gasteiger partial charge is 0.302 e. The second kappa shape index (κ2) is 4.08. The van der Waals surface area contributed by atoms with Gasteiger partial charge < -0.3 is 4.79 Å². The summed E-state index contributed by atoms with van der Waals surface area (Å²) >= 11 is 5.75. The minimum Gasteiger partial charge on any atom is -0.302 e. The molecule has 0 N–H and O–H groups in total. The van der Waals surface area contributed by atoms with E-state index in [4.69, 9.17) is 16.9 Å². The van der Waals surface area contributed by atoms with Gasteiger partial charge in [0.15, 0.2) is 9.84 Å². The van der Waals surface area contributed by atoms with Crippen molar-refractivity contribution < 1.29 is 13.2 Å². The van der Waals surface area contributed by atoms with Crippen molar-refractivity contribution in [2.24, 2.45) is 5.41 Å². The van der Waals surface area contributed by atoms with Crippen molar-refractivity contribution in [3.05, 3.63) is 34.9 Å². The number of rotatable bonds is 3. The number of nitriles is 1. The molecule has 0 saturated heterocycles. The van der Waals surface area contributed by atoms with Crippen LogP contribution in [0.15, 0.2) is 24.3 Å². The van der Waals surface area contributed by atoms with Gasteiger partial charge in [-0.15, -0.1) is 0 Å². The quantitative estimate of drug-likeness (QED) is 0.789. The van der Waals surface area contributed by atoms with Crippen LogP contribution in [0.25, 0.3) is 0 Å². The van der Waals surface area contributed by atoms with Gasteiger partial charge in [0, 0.05) is 17.2 Å². The molecule has 1 aromatic carbocycles. The van der Waals surface area contributed by atoms with E-state index >= 15 is 0 Å². The predicted molar refractivity (Wildman–Crippen MR) is 66.9 cm³/mol. The van der Waals surface area contributed by atoms with Gasteiger partial charge in [-0.2, -0.15) is 5.26 Å².